The molecule has 0 N–H and O–H groups in total. The molecule has 1 saturated carbocycles. The summed E-state index contributed by atoms with van der Waals surface area (Å²) in [4.78, 5) is 8.84. The lowest BCUT2D eigenvalue weighted by Crippen LogP contribution is -2.08. The molecule has 1 aromatic rings. The molecule has 0 radical (unpaired) electrons. The second-order valence-corrected chi connectivity index (χ2v) is 3.89. The van der Waals surface area contributed by atoms with Crippen LogP contribution < -0.4 is 0 Å². The highest BCUT2D eigenvalue weighted by atomic mass is 14.9. The lowest BCUT2D eigenvalue weighted by atomic mass is 9.89. The van der Waals surface area contributed by atoms with Crippen molar-refractivity contribution in [3.8, 4) is 0 Å². The predicted octanol–water partition coefficient (Wildman–Crippen LogP) is 2.83. The van der Waals surface area contributed by atoms with Crippen LogP contribution in [0.3, 0.4) is 0 Å². The molecule has 2 rings (SSSR count). The number of nitrogens with zero attached hydrogens (tertiary/aromatic N) is 2. The van der Waals surface area contributed by atoms with Crippen LogP contribution in [0.4, 0.5) is 0 Å². The molecule has 70 valence electrons. The molecule has 13 heavy (non-hydrogen) atoms. The van der Waals surface area contributed by atoms with Gasteiger partial charge in [-0.05, 0) is 25.8 Å². The molecule has 0 aromatic carbocycles. The standard InChI is InChI=1S/C11H16N2/c1-9-7-8-12-11(13-9)10-5-3-2-4-6-10/h7-8,10H,2-6H2,1H3. The van der Waals surface area contributed by atoms with Crippen molar-refractivity contribution < 1.29 is 0 Å². The highest BCUT2D eigenvalue weighted by Crippen LogP contribution is 2.30. The zero-order valence-electron chi connectivity index (χ0n) is 8.16. The van der Waals surface area contributed by atoms with Gasteiger partial charge in [-0.25, -0.2) is 9.97 Å². The molecule has 0 spiro atoms. The Kier molecular flexibility index (Phi) is 2.57. The van der Waals surface area contributed by atoms with Gasteiger partial charge in [-0.2, -0.15) is 0 Å². The molecule has 0 atom stereocenters. The Labute approximate surface area is 79.4 Å². The Hall–Kier alpha value is -0.920. The topological polar surface area (TPSA) is 25.8 Å². The average Bonchev–Trinajstić information content (AvgIpc) is 2.19. The Morgan fingerprint density at radius 1 is 1.23 bits per heavy atom. The number of rotatable bonds is 1. The average molecular weight is 176 g/mol. The fourth-order valence-corrected chi connectivity index (χ4v) is 2.03. The summed E-state index contributed by atoms with van der Waals surface area (Å²) in [6.45, 7) is 2.04. The molecule has 2 nitrogen and oxygen atoms in total. The molecule has 1 aliphatic rings. The third-order valence-corrected chi connectivity index (χ3v) is 2.78. The fraction of sp³-hybridized carbons (Fsp3) is 0.636. The molecule has 1 aromatic heterocycles. The van der Waals surface area contributed by atoms with E-state index < -0.39 is 0 Å². The SMILES string of the molecule is Cc1ccnc(C2CCCCC2)n1. The first-order valence-electron chi connectivity index (χ1n) is 5.16. The van der Waals surface area contributed by atoms with Crippen molar-refractivity contribution in [1.82, 2.24) is 9.97 Å². The minimum atomic E-state index is 0.633. The monoisotopic (exact) mass is 176 g/mol. The van der Waals surface area contributed by atoms with Crippen molar-refractivity contribution in [2.24, 2.45) is 0 Å². The maximum atomic E-state index is 4.49. The van der Waals surface area contributed by atoms with Gasteiger partial charge in [-0.15, -0.1) is 0 Å². The summed E-state index contributed by atoms with van der Waals surface area (Å²) in [6.07, 6.45) is 8.53. The minimum absolute atomic E-state index is 0.633. The van der Waals surface area contributed by atoms with Crippen LogP contribution in [0.2, 0.25) is 0 Å². The fourth-order valence-electron chi connectivity index (χ4n) is 2.03. The highest BCUT2D eigenvalue weighted by molar-refractivity contribution is 5.04. The molecule has 2 heteroatoms. The molecular formula is C11H16N2. The second-order valence-electron chi connectivity index (χ2n) is 3.89. The normalized spacial score (nSPS) is 18.8. The Balaban J connectivity index is 2.14. The van der Waals surface area contributed by atoms with Crippen LogP contribution >= 0.6 is 0 Å². The number of aryl methyl sites for hydroxylation is 1. The van der Waals surface area contributed by atoms with E-state index in [9.17, 15) is 0 Å². The number of hydrogen-bond acceptors (Lipinski definition) is 2. The summed E-state index contributed by atoms with van der Waals surface area (Å²) in [5, 5.41) is 0. The van der Waals surface area contributed by atoms with Crippen LogP contribution in [-0.4, -0.2) is 9.97 Å². The van der Waals surface area contributed by atoms with Crippen molar-refractivity contribution in [1.29, 1.82) is 0 Å². The molecule has 0 amide bonds. The lowest BCUT2D eigenvalue weighted by molar-refractivity contribution is 0.428. The van der Waals surface area contributed by atoms with E-state index in [-0.39, 0.29) is 0 Å². The van der Waals surface area contributed by atoms with Crippen molar-refractivity contribution in [2.45, 2.75) is 44.9 Å². The Bertz CT molecular complexity index is 277. The van der Waals surface area contributed by atoms with Crippen LogP contribution in [0.25, 0.3) is 0 Å². The molecule has 0 bridgehead atoms. The van der Waals surface area contributed by atoms with Gasteiger partial charge < -0.3 is 0 Å². The quantitative estimate of drug-likeness (QED) is 0.657. The van der Waals surface area contributed by atoms with Gasteiger partial charge in [0.05, 0.1) is 0 Å². The van der Waals surface area contributed by atoms with E-state index in [4.69, 9.17) is 0 Å². The van der Waals surface area contributed by atoms with Gasteiger partial charge in [0.25, 0.3) is 0 Å². The number of aromatic nitrogens is 2. The maximum Gasteiger partial charge on any atom is 0.131 e. The van der Waals surface area contributed by atoms with E-state index in [1.54, 1.807) is 0 Å². The third-order valence-electron chi connectivity index (χ3n) is 2.78. The van der Waals surface area contributed by atoms with E-state index in [1.807, 2.05) is 19.2 Å². The molecule has 0 aliphatic heterocycles. The molecule has 0 unspecified atom stereocenters. The Morgan fingerprint density at radius 3 is 2.69 bits per heavy atom. The molecular weight excluding hydrogens is 160 g/mol. The van der Waals surface area contributed by atoms with Crippen molar-refractivity contribution in [3.05, 3.63) is 23.8 Å². The molecule has 1 aliphatic carbocycles. The van der Waals surface area contributed by atoms with Crippen molar-refractivity contribution in [2.75, 3.05) is 0 Å². The van der Waals surface area contributed by atoms with E-state index in [2.05, 4.69) is 9.97 Å². The lowest BCUT2D eigenvalue weighted by Gasteiger charge is -2.19. The van der Waals surface area contributed by atoms with Crippen LogP contribution in [0, 0.1) is 6.92 Å². The summed E-state index contributed by atoms with van der Waals surface area (Å²) in [5.74, 6) is 1.70. The van der Waals surface area contributed by atoms with Gasteiger partial charge >= 0.3 is 0 Å². The summed E-state index contributed by atoms with van der Waals surface area (Å²) in [6, 6.07) is 1.96. The van der Waals surface area contributed by atoms with Crippen molar-refractivity contribution >= 4 is 0 Å². The first kappa shape index (κ1) is 8.67. The van der Waals surface area contributed by atoms with Gasteiger partial charge in [0, 0.05) is 17.8 Å². The van der Waals surface area contributed by atoms with E-state index in [1.165, 1.54) is 32.1 Å². The zero-order chi connectivity index (χ0) is 9.10. The van der Waals surface area contributed by atoms with Crippen LogP contribution in [0.5, 0.6) is 0 Å². The second kappa shape index (κ2) is 3.86. The van der Waals surface area contributed by atoms with Gasteiger partial charge in [0.15, 0.2) is 0 Å². The number of hydrogen-bond donors (Lipinski definition) is 0. The first-order valence-corrected chi connectivity index (χ1v) is 5.16. The van der Waals surface area contributed by atoms with E-state index in [0.29, 0.717) is 5.92 Å². The van der Waals surface area contributed by atoms with Crippen molar-refractivity contribution in [3.63, 3.8) is 0 Å². The highest BCUT2D eigenvalue weighted by Gasteiger charge is 2.17. The van der Waals surface area contributed by atoms with Gasteiger partial charge in [0.1, 0.15) is 5.82 Å². The summed E-state index contributed by atoms with van der Waals surface area (Å²) in [7, 11) is 0. The summed E-state index contributed by atoms with van der Waals surface area (Å²) < 4.78 is 0. The molecule has 1 heterocycles. The van der Waals surface area contributed by atoms with Gasteiger partial charge in [-0.1, -0.05) is 19.3 Å². The minimum Gasteiger partial charge on any atom is -0.241 e. The summed E-state index contributed by atoms with van der Waals surface area (Å²) in [5.41, 5.74) is 1.09. The Morgan fingerprint density at radius 2 is 2.00 bits per heavy atom. The van der Waals surface area contributed by atoms with E-state index in [0.717, 1.165) is 11.5 Å². The largest absolute Gasteiger partial charge is 0.241 e. The van der Waals surface area contributed by atoms with Crippen LogP contribution in [0.1, 0.15) is 49.5 Å². The molecule has 0 saturated heterocycles. The third kappa shape index (κ3) is 2.06. The maximum absolute atomic E-state index is 4.49. The molecule has 1 fully saturated rings. The zero-order valence-corrected chi connectivity index (χ0v) is 8.16. The van der Waals surface area contributed by atoms with Crippen LogP contribution in [0.15, 0.2) is 12.3 Å². The van der Waals surface area contributed by atoms with Crippen LogP contribution in [-0.2, 0) is 0 Å². The summed E-state index contributed by atoms with van der Waals surface area (Å²) >= 11 is 0. The smallest absolute Gasteiger partial charge is 0.131 e. The van der Waals surface area contributed by atoms with Gasteiger partial charge in [-0.3, -0.25) is 0 Å². The predicted molar refractivity (Wildman–Crippen MR) is 52.6 cm³/mol. The van der Waals surface area contributed by atoms with E-state index >= 15 is 0 Å². The first-order chi connectivity index (χ1) is 6.36. The van der Waals surface area contributed by atoms with Gasteiger partial charge in [0.2, 0.25) is 0 Å².